The fourth-order valence-electron chi connectivity index (χ4n) is 2.86. The number of halogens is 2. The maximum atomic E-state index is 14.3. The summed E-state index contributed by atoms with van der Waals surface area (Å²) in [5.74, 6) is -0.462. The molecule has 0 aliphatic heterocycles. The van der Waals surface area contributed by atoms with Crippen molar-refractivity contribution in [3.05, 3.63) is 83.2 Å². The number of urea groups is 1. The van der Waals surface area contributed by atoms with E-state index in [1.807, 2.05) is 16.8 Å². The molecule has 0 fully saturated rings. The van der Waals surface area contributed by atoms with E-state index in [1.165, 1.54) is 17.0 Å². The first-order valence-corrected chi connectivity index (χ1v) is 9.39. The molecule has 148 valence electrons. The van der Waals surface area contributed by atoms with Gasteiger partial charge in [0, 0.05) is 41.8 Å². The van der Waals surface area contributed by atoms with Crippen molar-refractivity contribution in [2.75, 3.05) is 11.9 Å². The maximum absolute atomic E-state index is 14.3. The fraction of sp³-hybridized carbons (Fsp3) is 0.190. The highest BCUT2D eigenvalue weighted by molar-refractivity contribution is 6.31. The number of amides is 2. The third-order valence-corrected chi connectivity index (χ3v) is 4.70. The Bertz CT molecular complexity index is 996. The zero-order valence-electron chi connectivity index (χ0n) is 15.6. The number of nitrogens with one attached hydrogen (secondary N) is 1. The van der Waals surface area contributed by atoms with Gasteiger partial charge in [0.2, 0.25) is 0 Å². The third-order valence-electron chi connectivity index (χ3n) is 4.34. The number of hydrogen-bond donors (Lipinski definition) is 1. The molecule has 1 N–H and O–H groups in total. The number of aryl methyl sites for hydroxylation is 1. The smallest absolute Gasteiger partial charge is 0.322 e. The molecule has 6 nitrogen and oxygen atoms in total. The van der Waals surface area contributed by atoms with E-state index in [2.05, 4.69) is 10.3 Å². The second-order valence-corrected chi connectivity index (χ2v) is 6.81. The van der Waals surface area contributed by atoms with E-state index in [1.54, 1.807) is 42.9 Å². The predicted octanol–water partition coefficient (Wildman–Crippen LogP) is 4.67. The predicted molar refractivity (Wildman–Crippen MR) is 109 cm³/mol. The highest BCUT2D eigenvalue weighted by Gasteiger charge is 2.18. The largest absolute Gasteiger partial charge is 0.337 e. The van der Waals surface area contributed by atoms with Gasteiger partial charge in [-0.3, -0.25) is 0 Å². The van der Waals surface area contributed by atoms with Crippen LogP contribution in [0.2, 0.25) is 5.02 Å². The molecule has 2 amide bonds. The molecule has 1 aromatic heterocycles. The molecule has 3 rings (SSSR count). The van der Waals surface area contributed by atoms with Crippen molar-refractivity contribution >= 4 is 23.3 Å². The lowest BCUT2D eigenvalue weighted by atomic mass is 10.2. The molecule has 8 heteroatoms. The van der Waals surface area contributed by atoms with Gasteiger partial charge in [-0.1, -0.05) is 23.7 Å². The van der Waals surface area contributed by atoms with E-state index in [4.69, 9.17) is 16.9 Å². The molecular formula is C21H19ClFN5O. The van der Waals surface area contributed by atoms with Gasteiger partial charge in [-0.05, 0) is 36.8 Å². The van der Waals surface area contributed by atoms with Crippen LogP contribution in [0.1, 0.15) is 17.5 Å². The molecule has 0 saturated carbocycles. The van der Waals surface area contributed by atoms with Crippen LogP contribution in [0.4, 0.5) is 14.9 Å². The number of nitrogens with zero attached hydrogens (tertiary/aromatic N) is 4. The van der Waals surface area contributed by atoms with Gasteiger partial charge in [-0.15, -0.1) is 0 Å². The van der Waals surface area contributed by atoms with Crippen LogP contribution in [0.25, 0.3) is 0 Å². The Kier molecular flexibility index (Phi) is 6.82. The van der Waals surface area contributed by atoms with Crippen LogP contribution in [0.5, 0.6) is 0 Å². The number of benzene rings is 2. The first-order chi connectivity index (χ1) is 14.1. The highest BCUT2D eigenvalue weighted by Crippen LogP contribution is 2.21. The average molecular weight is 412 g/mol. The molecule has 0 aliphatic carbocycles. The third kappa shape index (κ3) is 5.56. The van der Waals surface area contributed by atoms with Crippen molar-refractivity contribution in [3.8, 4) is 6.07 Å². The summed E-state index contributed by atoms with van der Waals surface area (Å²) in [4.78, 5) is 18.4. The Morgan fingerprint density at radius 1 is 1.31 bits per heavy atom. The summed E-state index contributed by atoms with van der Waals surface area (Å²) >= 11 is 6.15. The van der Waals surface area contributed by atoms with Gasteiger partial charge in [0.1, 0.15) is 5.82 Å². The van der Waals surface area contributed by atoms with E-state index in [0.717, 1.165) is 0 Å². The molecule has 0 radical (unpaired) electrons. The molecule has 2 aromatic carbocycles. The summed E-state index contributed by atoms with van der Waals surface area (Å²) in [7, 11) is 0. The number of nitriles is 1. The second kappa shape index (κ2) is 9.71. The number of anilines is 1. The first kappa shape index (κ1) is 20.4. The number of rotatable bonds is 7. The van der Waals surface area contributed by atoms with Crippen LogP contribution >= 0.6 is 11.6 Å². The van der Waals surface area contributed by atoms with Crippen LogP contribution in [-0.2, 0) is 13.1 Å². The fourth-order valence-corrected chi connectivity index (χ4v) is 3.08. The van der Waals surface area contributed by atoms with E-state index in [9.17, 15) is 9.18 Å². The van der Waals surface area contributed by atoms with Gasteiger partial charge in [0.05, 0.1) is 24.5 Å². The molecule has 0 saturated heterocycles. The van der Waals surface area contributed by atoms with Crippen LogP contribution in [0.3, 0.4) is 0 Å². The van der Waals surface area contributed by atoms with Gasteiger partial charge in [-0.2, -0.15) is 5.26 Å². The lowest BCUT2D eigenvalue weighted by Gasteiger charge is -2.24. The van der Waals surface area contributed by atoms with E-state index < -0.39 is 11.8 Å². The molecule has 1 heterocycles. The lowest BCUT2D eigenvalue weighted by molar-refractivity contribution is 0.206. The van der Waals surface area contributed by atoms with Gasteiger partial charge in [0.25, 0.3) is 0 Å². The standard InChI is InChI=1S/C21H19ClFN5O/c22-19-6-2-7-20(23)18(19)14-28(10-3-9-27-11-8-25-15-27)21(29)26-17-5-1-4-16(12-17)13-24/h1-2,4-8,11-12,15H,3,9-10,14H2,(H,26,29). The van der Waals surface area contributed by atoms with Crippen molar-refractivity contribution in [1.29, 1.82) is 5.26 Å². The lowest BCUT2D eigenvalue weighted by Crippen LogP contribution is -2.36. The van der Waals surface area contributed by atoms with Crippen molar-refractivity contribution in [2.24, 2.45) is 0 Å². The number of carbonyl (C=O) groups is 1. The van der Waals surface area contributed by atoms with Crippen LogP contribution in [0, 0.1) is 17.1 Å². The Hall–Kier alpha value is -3.37. The van der Waals surface area contributed by atoms with Gasteiger partial charge in [-0.25, -0.2) is 14.2 Å². The monoisotopic (exact) mass is 411 g/mol. The SMILES string of the molecule is N#Cc1cccc(NC(=O)N(CCCn2ccnc2)Cc2c(F)cccc2Cl)c1. The van der Waals surface area contributed by atoms with Crippen molar-refractivity contribution in [2.45, 2.75) is 19.5 Å². The number of hydrogen-bond acceptors (Lipinski definition) is 3. The molecule has 29 heavy (non-hydrogen) atoms. The summed E-state index contributed by atoms with van der Waals surface area (Å²) in [6, 6.07) is 12.7. The second-order valence-electron chi connectivity index (χ2n) is 6.40. The Morgan fingerprint density at radius 3 is 2.86 bits per heavy atom. The molecule has 0 unspecified atom stereocenters. The number of carbonyl (C=O) groups excluding carboxylic acids is 1. The minimum absolute atomic E-state index is 0.0270. The molecule has 3 aromatic rings. The van der Waals surface area contributed by atoms with E-state index >= 15 is 0 Å². The number of imidazole rings is 1. The molecule has 0 atom stereocenters. The summed E-state index contributed by atoms with van der Waals surface area (Å²) in [6.07, 6.45) is 5.87. The van der Waals surface area contributed by atoms with Crippen LogP contribution in [0.15, 0.2) is 61.2 Å². The van der Waals surface area contributed by atoms with Gasteiger partial charge >= 0.3 is 6.03 Å². The minimum Gasteiger partial charge on any atom is -0.337 e. The van der Waals surface area contributed by atoms with Gasteiger partial charge < -0.3 is 14.8 Å². The van der Waals surface area contributed by atoms with Crippen LogP contribution in [-0.4, -0.2) is 27.0 Å². The van der Waals surface area contributed by atoms with Crippen molar-refractivity contribution in [1.82, 2.24) is 14.5 Å². The number of aromatic nitrogens is 2. The minimum atomic E-state index is -0.462. The zero-order chi connectivity index (χ0) is 20.6. The topological polar surface area (TPSA) is 74.0 Å². The van der Waals surface area contributed by atoms with E-state index in [-0.39, 0.29) is 17.1 Å². The normalized spacial score (nSPS) is 10.4. The van der Waals surface area contributed by atoms with Gasteiger partial charge in [0.15, 0.2) is 0 Å². The quantitative estimate of drug-likeness (QED) is 0.613. The molecule has 0 spiro atoms. The molecule has 0 aliphatic rings. The average Bonchev–Trinajstić information content (AvgIpc) is 3.23. The van der Waals surface area contributed by atoms with E-state index in [0.29, 0.717) is 30.8 Å². The first-order valence-electron chi connectivity index (χ1n) is 9.01. The summed E-state index contributed by atoms with van der Waals surface area (Å²) < 4.78 is 16.2. The summed E-state index contributed by atoms with van der Waals surface area (Å²) in [5.41, 5.74) is 1.19. The molecular weight excluding hydrogens is 393 g/mol. The maximum Gasteiger partial charge on any atom is 0.322 e. The van der Waals surface area contributed by atoms with Crippen molar-refractivity contribution in [3.63, 3.8) is 0 Å². The Labute approximate surface area is 173 Å². The van der Waals surface area contributed by atoms with Crippen LogP contribution < -0.4 is 5.32 Å². The molecule has 0 bridgehead atoms. The summed E-state index contributed by atoms with van der Waals surface area (Å²) in [5, 5.41) is 12.1. The zero-order valence-corrected chi connectivity index (χ0v) is 16.3. The highest BCUT2D eigenvalue weighted by atomic mass is 35.5. The Morgan fingerprint density at radius 2 is 2.14 bits per heavy atom. The summed E-state index contributed by atoms with van der Waals surface area (Å²) in [6.45, 7) is 1.07. The Balaban J connectivity index is 1.75. The van der Waals surface area contributed by atoms with Crippen molar-refractivity contribution < 1.29 is 9.18 Å².